The number of phenolic OH excluding ortho intramolecular Hbond substituents is 2. The zero-order valence-electron chi connectivity index (χ0n) is 7.78. The predicted molar refractivity (Wildman–Crippen MR) is 60.3 cm³/mol. The Balaban J connectivity index is 2.77. The fourth-order valence-corrected chi connectivity index (χ4v) is 1.08. The fraction of sp³-hybridized carbons (Fsp3) is 0.222. The fourth-order valence-electron chi connectivity index (χ4n) is 0.913. The Kier molecular flexibility index (Phi) is 4.13. The highest BCUT2D eigenvalue weighted by atomic mass is 35.6. The lowest BCUT2D eigenvalue weighted by Crippen LogP contribution is -2.17. The highest BCUT2D eigenvalue weighted by molar-refractivity contribution is 6.67. The molecule has 2 N–H and O–H groups in total. The standard InChI is InChI=1S/C9H7Cl3O4/c10-9(11,12)4-16-8(15)6-3-5(13)1-2-7(6)14/h1-3,13-14H,4H2. The topological polar surface area (TPSA) is 66.8 Å². The van der Waals surface area contributed by atoms with E-state index in [-0.39, 0.29) is 17.1 Å². The second-order valence-corrected chi connectivity index (χ2v) is 5.41. The minimum Gasteiger partial charge on any atom is -0.508 e. The van der Waals surface area contributed by atoms with Crippen LogP contribution in [0.15, 0.2) is 18.2 Å². The number of alkyl halides is 3. The van der Waals surface area contributed by atoms with E-state index in [4.69, 9.17) is 39.9 Å². The SMILES string of the molecule is O=C(OCC(Cl)(Cl)Cl)c1cc(O)ccc1O. The van der Waals surface area contributed by atoms with Crippen LogP contribution < -0.4 is 0 Å². The minimum atomic E-state index is -1.72. The highest BCUT2D eigenvalue weighted by Gasteiger charge is 2.23. The molecule has 0 atom stereocenters. The minimum absolute atomic E-state index is 0.182. The van der Waals surface area contributed by atoms with Crippen LogP contribution in [0.4, 0.5) is 0 Å². The normalized spacial score (nSPS) is 11.2. The number of ether oxygens (including phenoxy) is 1. The van der Waals surface area contributed by atoms with Crippen LogP contribution in [0, 0.1) is 0 Å². The van der Waals surface area contributed by atoms with E-state index in [1.54, 1.807) is 0 Å². The Morgan fingerprint density at radius 2 is 1.94 bits per heavy atom. The van der Waals surface area contributed by atoms with Crippen LogP contribution >= 0.6 is 34.8 Å². The molecule has 0 radical (unpaired) electrons. The second-order valence-electron chi connectivity index (χ2n) is 2.89. The third kappa shape index (κ3) is 3.96. The molecule has 88 valence electrons. The average molecular weight is 286 g/mol. The van der Waals surface area contributed by atoms with Gasteiger partial charge in [0.1, 0.15) is 23.7 Å². The van der Waals surface area contributed by atoms with E-state index < -0.39 is 16.4 Å². The number of carbonyl (C=O) groups is 1. The van der Waals surface area contributed by atoms with E-state index in [2.05, 4.69) is 4.74 Å². The molecule has 1 aromatic carbocycles. The van der Waals surface area contributed by atoms with Gasteiger partial charge in [-0.3, -0.25) is 0 Å². The van der Waals surface area contributed by atoms with Gasteiger partial charge in [-0.25, -0.2) is 4.79 Å². The van der Waals surface area contributed by atoms with E-state index in [1.165, 1.54) is 6.07 Å². The van der Waals surface area contributed by atoms with Gasteiger partial charge in [-0.2, -0.15) is 0 Å². The molecule has 16 heavy (non-hydrogen) atoms. The van der Waals surface area contributed by atoms with Crippen LogP contribution in [0.1, 0.15) is 10.4 Å². The summed E-state index contributed by atoms with van der Waals surface area (Å²) in [5.41, 5.74) is -0.200. The summed E-state index contributed by atoms with van der Waals surface area (Å²) in [6, 6.07) is 3.43. The zero-order valence-corrected chi connectivity index (χ0v) is 10.1. The lowest BCUT2D eigenvalue weighted by atomic mass is 10.2. The van der Waals surface area contributed by atoms with E-state index in [0.717, 1.165) is 12.1 Å². The van der Waals surface area contributed by atoms with Crippen LogP contribution in [0.2, 0.25) is 0 Å². The van der Waals surface area contributed by atoms with Gasteiger partial charge in [0.25, 0.3) is 0 Å². The van der Waals surface area contributed by atoms with Crippen molar-refractivity contribution < 1.29 is 19.7 Å². The summed E-state index contributed by atoms with van der Waals surface area (Å²) in [5.74, 6) is -1.40. The van der Waals surface area contributed by atoms with Gasteiger partial charge in [0.05, 0.1) is 0 Å². The maximum absolute atomic E-state index is 11.4. The molecule has 0 saturated heterocycles. The van der Waals surface area contributed by atoms with E-state index >= 15 is 0 Å². The molecule has 0 saturated carbocycles. The Labute approximate surface area is 106 Å². The number of hydrogen-bond acceptors (Lipinski definition) is 4. The molecular weight excluding hydrogens is 278 g/mol. The molecule has 0 unspecified atom stereocenters. The molecule has 0 bridgehead atoms. The molecule has 0 spiro atoms. The highest BCUT2D eigenvalue weighted by Crippen LogP contribution is 2.28. The van der Waals surface area contributed by atoms with Crippen LogP contribution in [0.25, 0.3) is 0 Å². The lowest BCUT2D eigenvalue weighted by Gasteiger charge is -2.11. The summed E-state index contributed by atoms with van der Waals surface area (Å²) in [4.78, 5) is 11.4. The molecular formula is C9H7Cl3O4. The maximum atomic E-state index is 11.4. The Hall–Kier alpha value is -0.840. The van der Waals surface area contributed by atoms with Crippen LogP contribution in [-0.2, 0) is 4.74 Å². The summed E-state index contributed by atoms with van der Waals surface area (Å²) in [7, 11) is 0. The monoisotopic (exact) mass is 284 g/mol. The summed E-state index contributed by atoms with van der Waals surface area (Å²) < 4.78 is 2.90. The first-order chi connectivity index (χ1) is 7.29. The first kappa shape index (κ1) is 13.2. The van der Waals surface area contributed by atoms with Gasteiger partial charge in [0.2, 0.25) is 3.79 Å². The van der Waals surface area contributed by atoms with Gasteiger partial charge in [-0.05, 0) is 18.2 Å². The maximum Gasteiger partial charge on any atom is 0.342 e. The summed E-state index contributed by atoms with van der Waals surface area (Å²) in [5, 5.41) is 18.4. The molecule has 0 aliphatic carbocycles. The molecule has 0 aromatic heterocycles. The summed E-state index contributed by atoms with van der Waals surface area (Å²) >= 11 is 16.1. The van der Waals surface area contributed by atoms with Gasteiger partial charge >= 0.3 is 5.97 Å². The van der Waals surface area contributed by atoms with Crippen molar-refractivity contribution in [3.63, 3.8) is 0 Å². The van der Waals surface area contributed by atoms with Crippen molar-refractivity contribution in [3.8, 4) is 11.5 Å². The zero-order chi connectivity index (χ0) is 12.3. The summed E-state index contributed by atoms with van der Waals surface area (Å²) in [6.45, 7) is -0.453. The molecule has 1 rings (SSSR count). The number of rotatable bonds is 2. The molecule has 7 heteroatoms. The number of halogens is 3. The van der Waals surface area contributed by atoms with Crippen molar-refractivity contribution in [1.29, 1.82) is 0 Å². The third-order valence-corrected chi connectivity index (χ3v) is 1.89. The molecule has 0 fully saturated rings. The van der Waals surface area contributed by atoms with E-state index in [0.29, 0.717) is 0 Å². The Morgan fingerprint density at radius 1 is 1.31 bits per heavy atom. The van der Waals surface area contributed by atoms with Crippen molar-refractivity contribution in [2.75, 3.05) is 6.61 Å². The molecule has 0 aliphatic heterocycles. The number of hydrogen-bond donors (Lipinski definition) is 2. The van der Waals surface area contributed by atoms with Gasteiger partial charge in [-0.15, -0.1) is 0 Å². The largest absolute Gasteiger partial charge is 0.508 e. The molecule has 0 heterocycles. The number of esters is 1. The van der Waals surface area contributed by atoms with Crippen molar-refractivity contribution in [1.82, 2.24) is 0 Å². The molecule has 0 amide bonds. The van der Waals surface area contributed by atoms with Crippen LogP contribution in [-0.4, -0.2) is 26.6 Å². The van der Waals surface area contributed by atoms with Crippen molar-refractivity contribution >= 4 is 40.8 Å². The second kappa shape index (κ2) is 4.99. The van der Waals surface area contributed by atoms with Gasteiger partial charge < -0.3 is 14.9 Å². The molecule has 1 aromatic rings. The first-order valence-electron chi connectivity index (χ1n) is 4.05. The number of phenols is 2. The van der Waals surface area contributed by atoms with E-state index in [1.807, 2.05) is 0 Å². The van der Waals surface area contributed by atoms with Gasteiger partial charge in [0.15, 0.2) is 0 Å². The first-order valence-corrected chi connectivity index (χ1v) is 5.19. The van der Waals surface area contributed by atoms with Crippen molar-refractivity contribution in [2.45, 2.75) is 3.79 Å². The van der Waals surface area contributed by atoms with Crippen molar-refractivity contribution in [2.24, 2.45) is 0 Å². The lowest BCUT2D eigenvalue weighted by molar-refractivity contribution is 0.0508. The van der Waals surface area contributed by atoms with Gasteiger partial charge in [-0.1, -0.05) is 34.8 Å². The van der Waals surface area contributed by atoms with Crippen LogP contribution in [0.5, 0.6) is 11.5 Å². The summed E-state index contributed by atoms with van der Waals surface area (Å²) in [6.07, 6.45) is 0. The smallest absolute Gasteiger partial charge is 0.342 e. The van der Waals surface area contributed by atoms with Crippen LogP contribution in [0.3, 0.4) is 0 Å². The average Bonchev–Trinajstić information content (AvgIpc) is 2.17. The van der Waals surface area contributed by atoms with Gasteiger partial charge in [0, 0.05) is 0 Å². The number of aromatic hydroxyl groups is 2. The number of benzene rings is 1. The van der Waals surface area contributed by atoms with E-state index in [9.17, 15) is 9.90 Å². The Bertz CT molecular complexity index is 400. The molecule has 4 nitrogen and oxygen atoms in total. The molecule has 0 aliphatic rings. The third-order valence-electron chi connectivity index (χ3n) is 1.57. The predicted octanol–water partition coefficient (Wildman–Crippen LogP) is 2.62. The quantitative estimate of drug-likeness (QED) is 0.498. The van der Waals surface area contributed by atoms with Crippen molar-refractivity contribution in [3.05, 3.63) is 23.8 Å². The number of carbonyl (C=O) groups excluding carboxylic acids is 1. The Morgan fingerprint density at radius 3 is 2.50 bits per heavy atom.